The highest BCUT2D eigenvalue weighted by Gasteiger charge is 2.03. The summed E-state index contributed by atoms with van der Waals surface area (Å²) in [5, 5.41) is 11.0. The van der Waals surface area contributed by atoms with Crippen molar-refractivity contribution in [2.75, 3.05) is 6.73 Å². The average molecular weight is 277 g/mol. The quantitative estimate of drug-likeness (QED) is 0.506. The monoisotopic (exact) mass is 277 g/mol. The van der Waals surface area contributed by atoms with Crippen molar-refractivity contribution in [2.24, 2.45) is 0 Å². The molecule has 3 nitrogen and oxygen atoms in total. The van der Waals surface area contributed by atoms with Crippen LogP contribution in [0.15, 0.2) is 24.3 Å². The summed E-state index contributed by atoms with van der Waals surface area (Å²) in [7, 11) is 0. The zero-order chi connectivity index (χ0) is 14.6. The molecule has 0 saturated carbocycles. The Morgan fingerprint density at radius 1 is 1.00 bits per heavy atom. The van der Waals surface area contributed by atoms with Crippen molar-refractivity contribution in [3.63, 3.8) is 0 Å². The number of hydrogen-bond acceptors (Lipinski definition) is 2. The van der Waals surface area contributed by atoms with Gasteiger partial charge in [-0.15, -0.1) is 0 Å². The van der Waals surface area contributed by atoms with E-state index in [4.69, 9.17) is 5.11 Å². The Kier molecular flexibility index (Phi) is 8.72. The highest BCUT2D eigenvalue weighted by Crippen LogP contribution is 2.11. The smallest absolute Gasteiger partial charge is 0.253 e. The highest BCUT2D eigenvalue weighted by molar-refractivity contribution is 5.94. The third kappa shape index (κ3) is 6.71. The lowest BCUT2D eigenvalue weighted by Gasteiger charge is -2.05. The molecule has 0 bridgehead atoms. The van der Waals surface area contributed by atoms with E-state index < -0.39 is 0 Å². The van der Waals surface area contributed by atoms with Crippen molar-refractivity contribution in [3.8, 4) is 0 Å². The van der Waals surface area contributed by atoms with Gasteiger partial charge in [-0.1, -0.05) is 57.6 Å². The molecule has 0 saturated heterocycles. The summed E-state index contributed by atoms with van der Waals surface area (Å²) in [5.74, 6) is -0.227. The fraction of sp³-hybridized carbons (Fsp3) is 0.588. The number of carbonyl (C=O) groups is 1. The first kappa shape index (κ1) is 16.7. The van der Waals surface area contributed by atoms with Gasteiger partial charge in [-0.2, -0.15) is 0 Å². The topological polar surface area (TPSA) is 49.3 Å². The Labute approximate surface area is 122 Å². The van der Waals surface area contributed by atoms with Crippen LogP contribution in [-0.4, -0.2) is 17.7 Å². The zero-order valence-electron chi connectivity index (χ0n) is 12.5. The van der Waals surface area contributed by atoms with Gasteiger partial charge in [0.1, 0.15) is 6.73 Å². The molecular weight excluding hydrogens is 250 g/mol. The van der Waals surface area contributed by atoms with Gasteiger partial charge in [-0.25, -0.2) is 0 Å². The number of carbonyl (C=O) groups excluding carboxylic acids is 1. The fourth-order valence-corrected chi connectivity index (χ4v) is 2.28. The van der Waals surface area contributed by atoms with E-state index in [1.165, 1.54) is 50.5 Å². The summed E-state index contributed by atoms with van der Waals surface area (Å²) in [6.07, 6.45) is 10.3. The molecule has 0 radical (unpaired) electrons. The van der Waals surface area contributed by atoms with Gasteiger partial charge in [-0.3, -0.25) is 4.79 Å². The molecule has 0 spiro atoms. The summed E-state index contributed by atoms with van der Waals surface area (Å²) in [6, 6.07) is 7.65. The number of aryl methyl sites for hydroxylation is 1. The van der Waals surface area contributed by atoms with Crippen LogP contribution in [0.1, 0.15) is 67.8 Å². The Bertz CT molecular complexity index is 373. The Hall–Kier alpha value is -1.35. The van der Waals surface area contributed by atoms with Gasteiger partial charge in [0.2, 0.25) is 0 Å². The summed E-state index contributed by atoms with van der Waals surface area (Å²) >= 11 is 0. The van der Waals surface area contributed by atoms with Gasteiger partial charge in [0.25, 0.3) is 5.91 Å². The molecule has 112 valence electrons. The van der Waals surface area contributed by atoms with Crippen LogP contribution in [0.4, 0.5) is 0 Å². The number of hydrogen-bond donors (Lipinski definition) is 2. The van der Waals surface area contributed by atoms with Crippen molar-refractivity contribution in [1.29, 1.82) is 0 Å². The van der Waals surface area contributed by atoms with Crippen LogP contribution in [0.5, 0.6) is 0 Å². The maximum atomic E-state index is 11.5. The van der Waals surface area contributed by atoms with E-state index in [1.807, 2.05) is 24.3 Å². The summed E-state index contributed by atoms with van der Waals surface area (Å²) in [5.41, 5.74) is 1.88. The van der Waals surface area contributed by atoms with Crippen molar-refractivity contribution in [3.05, 3.63) is 35.4 Å². The summed E-state index contributed by atoms with van der Waals surface area (Å²) < 4.78 is 0. The predicted octanol–water partition coefficient (Wildman–Crippen LogP) is 3.66. The summed E-state index contributed by atoms with van der Waals surface area (Å²) in [6.45, 7) is 1.92. The predicted molar refractivity (Wildman–Crippen MR) is 82.7 cm³/mol. The average Bonchev–Trinajstić information content (AvgIpc) is 2.47. The van der Waals surface area contributed by atoms with Crippen LogP contribution in [0.3, 0.4) is 0 Å². The minimum atomic E-state index is -0.321. The Morgan fingerprint density at radius 2 is 1.60 bits per heavy atom. The van der Waals surface area contributed by atoms with Gasteiger partial charge in [0.15, 0.2) is 0 Å². The summed E-state index contributed by atoms with van der Waals surface area (Å²) in [4.78, 5) is 11.5. The van der Waals surface area contributed by atoms with Crippen LogP contribution in [-0.2, 0) is 6.42 Å². The maximum Gasteiger partial charge on any atom is 0.253 e. The van der Waals surface area contributed by atoms with Crippen LogP contribution in [0.2, 0.25) is 0 Å². The number of aliphatic hydroxyl groups excluding tert-OH is 1. The van der Waals surface area contributed by atoms with E-state index in [1.54, 1.807) is 0 Å². The third-order valence-corrected chi connectivity index (χ3v) is 3.52. The molecule has 0 fully saturated rings. The first-order chi connectivity index (χ1) is 9.77. The molecule has 0 heterocycles. The third-order valence-electron chi connectivity index (χ3n) is 3.52. The molecular formula is C17H27NO2. The number of benzene rings is 1. The zero-order valence-corrected chi connectivity index (χ0v) is 12.5. The van der Waals surface area contributed by atoms with E-state index in [-0.39, 0.29) is 12.6 Å². The van der Waals surface area contributed by atoms with Crippen molar-refractivity contribution < 1.29 is 9.90 Å². The van der Waals surface area contributed by atoms with Crippen molar-refractivity contribution in [1.82, 2.24) is 5.32 Å². The van der Waals surface area contributed by atoms with Crippen LogP contribution in [0, 0.1) is 0 Å². The second-order valence-corrected chi connectivity index (χ2v) is 5.23. The number of rotatable bonds is 10. The highest BCUT2D eigenvalue weighted by atomic mass is 16.3. The van der Waals surface area contributed by atoms with Gasteiger partial charge in [0.05, 0.1) is 0 Å². The molecule has 1 amide bonds. The molecule has 1 aromatic rings. The number of aliphatic hydroxyl groups is 1. The molecule has 0 aliphatic carbocycles. The van der Waals surface area contributed by atoms with Crippen LogP contribution in [0.25, 0.3) is 0 Å². The molecule has 2 N–H and O–H groups in total. The molecule has 3 heteroatoms. The van der Waals surface area contributed by atoms with Gasteiger partial charge >= 0.3 is 0 Å². The van der Waals surface area contributed by atoms with Gasteiger partial charge in [0, 0.05) is 5.56 Å². The number of amides is 1. The molecule has 0 aliphatic heterocycles. The lowest BCUT2D eigenvalue weighted by atomic mass is 10.0. The molecule has 1 aromatic carbocycles. The maximum absolute atomic E-state index is 11.5. The molecule has 1 rings (SSSR count). The molecule has 20 heavy (non-hydrogen) atoms. The van der Waals surface area contributed by atoms with Gasteiger partial charge in [-0.05, 0) is 30.5 Å². The number of nitrogens with one attached hydrogen (secondary N) is 1. The Balaban J connectivity index is 2.20. The largest absolute Gasteiger partial charge is 0.376 e. The lowest BCUT2D eigenvalue weighted by molar-refractivity contribution is 0.0910. The second kappa shape index (κ2) is 10.4. The van der Waals surface area contributed by atoms with Crippen LogP contribution >= 0.6 is 0 Å². The van der Waals surface area contributed by atoms with Crippen molar-refractivity contribution in [2.45, 2.75) is 58.3 Å². The van der Waals surface area contributed by atoms with Gasteiger partial charge < -0.3 is 10.4 Å². The first-order valence-corrected chi connectivity index (χ1v) is 7.76. The van der Waals surface area contributed by atoms with E-state index in [9.17, 15) is 4.79 Å². The molecule has 0 atom stereocenters. The molecule has 0 aliphatic rings. The normalized spacial score (nSPS) is 10.5. The second-order valence-electron chi connectivity index (χ2n) is 5.23. The van der Waals surface area contributed by atoms with Crippen LogP contribution < -0.4 is 5.32 Å². The van der Waals surface area contributed by atoms with E-state index in [0.717, 1.165) is 6.42 Å². The van der Waals surface area contributed by atoms with E-state index >= 15 is 0 Å². The van der Waals surface area contributed by atoms with E-state index in [2.05, 4.69) is 12.2 Å². The fourth-order valence-electron chi connectivity index (χ4n) is 2.28. The molecule has 0 aromatic heterocycles. The standard InChI is InChI=1S/C17H27NO2/c1-2-3-4-5-6-7-8-9-15-10-12-16(13-11-15)17(20)18-14-19/h10-13,19H,2-9,14H2,1H3,(H,18,20). The first-order valence-electron chi connectivity index (χ1n) is 7.76. The SMILES string of the molecule is CCCCCCCCCc1ccc(C(=O)NCO)cc1. The lowest BCUT2D eigenvalue weighted by Crippen LogP contribution is -2.23. The van der Waals surface area contributed by atoms with Crippen molar-refractivity contribution >= 4 is 5.91 Å². The minimum absolute atomic E-state index is 0.227. The number of unbranched alkanes of at least 4 members (excludes halogenated alkanes) is 6. The molecule has 0 unspecified atom stereocenters. The van der Waals surface area contributed by atoms with E-state index in [0.29, 0.717) is 5.56 Å². The minimum Gasteiger partial charge on any atom is -0.376 e. The Morgan fingerprint density at radius 3 is 2.20 bits per heavy atom.